The van der Waals surface area contributed by atoms with Gasteiger partial charge in [-0.15, -0.1) is 11.3 Å². The SMILES string of the molecule is Cc1cccc(C(O)Cc2sccc2Br)c1F. The number of hydrogen-bond donors (Lipinski definition) is 1. The molecule has 0 fully saturated rings. The molecule has 4 heteroatoms. The lowest BCUT2D eigenvalue weighted by molar-refractivity contribution is 0.174. The Labute approximate surface area is 112 Å². The minimum atomic E-state index is -0.801. The van der Waals surface area contributed by atoms with Crippen molar-refractivity contribution < 1.29 is 9.50 Å². The third-order valence-electron chi connectivity index (χ3n) is 2.65. The first kappa shape index (κ1) is 12.7. The molecule has 90 valence electrons. The van der Waals surface area contributed by atoms with E-state index >= 15 is 0 Å². The number of aliphatic hydroxyl groups is 1. The Balaban J connectivity index is 2.23. The summed E-state index contributed by atoms with van der Waals surface area (Å²) in [5.74, 6) is -0.312. The molecule has 1 N–H and O–H groups in total. The van der Waals surface area contributed by atoms with Crippen LogP contribution in [0.1, 0.15) is 22.1 Å². The maximum atomic E-state index is 13.8. The van der Waals surface area contributed by atoms with Gasteiger partial charge in [-0.05, 0) is 39.9 Å². The van der Waals surface area contributed by atoms with Gasteiger partial charge in [0, 0.05) is 21.3 Å². The summed E-state index contributed by atoms with van der Waals surface area (Å²) in [7, 11) is 0. The van der Waals surface area contributed by atoms with Gasteiger partial charge in [0.2, 0.25) is 0 Å². The van der Waals surface area contributed by atoms with Gasteiger partial charge in [-0.1, -0.05) is 18.2 Å². The van der Waals surface area contributed by atoms with Crippen molar-refractivity contribution in [2.45, 2.75) is 19.4 Å². The molecule has 1 nitrogen and oxygen atoms in total. The molecule has 0 saturated heterocycles. The summed E-state index contributed by atoms with van der Waals surface area (Å²) in [6, 6.07) is 7.03. The summed E-state index contributed by atoms with van der Waals surface area (Å²) in [5.41, 5.74) is 0.928. The summed E-state index contributed by atoms with van der Waals surface area (Å²) in [6.45, 7) is 1.70. The van der Waals surface area contributed by atoms with Crippen LogP contribution in [-0.2, 0) is 6.42 Å². The lowest BCUT2D eigenvalue weighted by Gasteiger charge is -2.12. The van der Waals surface area contributed by atoms with Gasteiger partial charge in [0.15, 0.2) is 0 Å². The molecular weight excluding hydrogens is 303 g/mol. The summed E-state index contributed by atoms with van der Waals surface area (Å²) in [6.07, 6.45) is -0.372. The number of halogens is 2. The average Bonchev–Trinajstić information content (AvgIpc) is 2.68. The zero-order valence-corrected chi connectivity index (χ0v) is 11.7. The van der Waals surface area contributed by atoms with Gasteiger partial charge in [0.25, 0.3) is 0 Å². The number of benzene rings is 1. The van der Waals surface area contributed by atoms with Gasteiger partial charge < -0.3 is 5.11 Å². The van der Waals surface area contributed by atoms with Crippen molar-refractivity contribution in [2.24, 2.45) is 0 Å². The molecule has 0 aliphatic rings. The molecule has 0 radical (unpaired) electrons. The van der Waals surface area contributed by atoms with Crippen molar-refractivity contribution in [1.82, 2.24) is 0 Å². The molecule has 0 aliphatic heterocycles. The number of rotatable bonds is 3. The van der Waals surface area contributed by atoms with Crippen LogP contribution in [0.5, 0.6) is 0 Å². The zero-order valence-electron chi connectivity index (χ0n) is 9.28. The molecule has 1 unspecified atom stereocenters. The summed E-state index contributed by atoms with van der Waals surface area (Å²) in [4.78, 5) is 1.03. The van der Waals surface area contributed by atoms with Crippen LogP contribution >= 0.6 is 27.3 Å². The Kier molecular flexibility index (Phi) is 3.97. The minimum absolute atomic E-state index is 0.312. The normalized spacial score (nSPS) is 12.7. The van der Waals surface area contributed by atoms with Crippen molar-refractivity contribution in [3.8, 4) is 0 Å². The van der Waals surface area contributed by atoms with E-state index in [1.807, 2.05) is 11.4 Å². The largest absolute Gasteiger partial charge is 0.388 e. The van der Waals surface area contributed by atoms with E-state index in [1.54, 1.807) is 36.5 Å². The van der Waals surface area contributed by atoms with Gasteiger partial charge in [-0.25, -0.2) is 4.39 Å². The topological polar surface area (TPSA) is 20.2 Å². The Bertz CT molecular complexity index is 524. The van der Waals surface area contributed by atoms with Crippen molar-refractivity contribution in [2.75, 3.05) is 0 Å². The van der Waals surface area contributed by atoms with E-state index in [4.69, 9.17) is 0 Å². The van der Waals surface area contributed by atoms with Gasteiger partial charge in [0.1, 0.15) is 5.82 Å². The lowest BCUT2D eigenvalue weighted by atomic mass is 10.0. The van der Waals surface area contributed by atoms with E-state index in [2.05, 4.69) is 15.9 Å². The fourth-order valence-electron chi connectivity index (χ4n) is 1.68. The molecule has 0 saturated carbocycles. The van der Waals surface area contributed by atoms with Gasteiger partial charge in [-0.2, -0.15) is 0 Å². The second-order valence-electron chi connectivity index (χ2n) is 3.89. The van der Waals surface area contributed by atoms with E-state index in [-0.39, 0.29) is 5.82 Å². The van der Waals surface area contributed by atoms with Crippen LogP contribution in [0.25, 0.3) is 0 Å². The maximum absolute atomic E-state index is 13.8. The van der Waals surface area contributed by atoms with E-state index in [0.717, 1.165) is 9.35 Å². The van der Waals surface area contributed by atoms with Crippen LogP contribution in [0.15, 0.2) is 34.1 Å². The molecule has 17 heavy (non-hydrogen) atoms. The van der Waals surface area contributed by atoms with Crippen molar-refractivity contribution in [3.63, 3.8) is 0 Å². The third-order valence-corrected chi connectivity index (χ3v) is 4.60. The van der Waals surface area contributed by atoms with Crippen molar-refractivity contribution >= 4 is 27.3 Å². The average molecular weight is 315 g/mol. The highest BCUT2D eigenvalue weighted by molar-refractivity contribution is 9.10. The van der Waals surface area contributed by atoms with Gasteiger partial charge in [-0.3, -0.25) is 0 Å². The smallest absolute Gasteiger partial charge is 0.131 e. The highest BCUT2D eigenvalue weighted by Crippen LogP contribution is 2.29. The fourth-order valence-corrected chi connectivity index (χ4v) is 3.24. The molecule has 0 amide bonds. The Morgan fingerprint density at radius 1 is 1.41 bits per heavy atom. The van der Waals surface area contributed by atoms with Crippen molar-refractivity contribution in [3.05, 3.63) is 55.9 Å². The predicted octanol–water partition coefficient (Wildman–Crippen LogP) is 4.23. The fraction of sp³-hybridized carbons (Fsp3) is 0.231. The molecule has 1 aromatic carbocycles. The first-order chi connectivity index (χ1) is 8.09. The van der Waals surface area contributed by atoms with Gasteiger partial charge in [0.05, 0.1) is 6.10 Å². The number of aliphatic hydroxyl groups excluding tert-OH is 1. The van der Waals surface area contributed by atoms with Crippen molar-refractivity contribution in [1.29, 1.82) is 0 Å². The molecular formula is C13H12BrFOS. The maximum Gasteiger partial charge on any atom is 0.131 e. The molecule has 0 aliphatic carbocycles. The zero-order chi connectivity index (χ0) is 12.4. The quantitative estimate of drug-likeness (QED) is 0.898. The van der Waals surface area contributed by atoms with Crippen LogP contribution in [0.4, 0.5) is 4.39 Å². The highest BCUT2D eigenvalue weighted by atomic mass is 79.9. The number of aryl methyl sites for hydroxylation is 1. The van der Waals surface area contributed by atoms with Gasteiger partial charge >= 0.3 is 0 Å². The standard InChI is InChI=1S/C13H12BrFOS/c1-8-3-2-4-9(13(8)15)11(16)7-12-10(14)5-6-17-12/h2-6,11,16H,7H2,1H3. The summed E-state index contributed by atoms with van der Waals surface area (Å²) >= 11 is 4.96. The van der Waals surface area contributed by atoms with E-state index in [0.29, 0.717) is 17.5 Å². The predicted molar refractivity (Wildman–Crippen MR) is 71.8 cm³/mol. The monoisotopic (exact) mass is 314 g/mol. The molecule has 0 bridgehead atoms. The number of thiophene rings is 1. The summed E-state index contributed by atoms with van der Waals surface area (Å²) in [5, 5.41) is 12.0. The van der Waals surface area contributed by atoms with Crippen LogP contribution in [-0.4, -0.2) is 5.11 Å². The first-order valence-corrected chi connectivity index (χ1v) is 6.92. The lowest BCUT2D eigenvalue weighted by Crippen LogP contribution is -2.04. The summed E-state index contributed by atoms with van der Waals surface area (Å²) < 4.78 is 14.8. The van der Waals surface area contributed by atoms with E-state index < -0.39 is 6.10 Å². The Hall–Kier alpha value is -0.710. The second kappa shape index (κ2) is 5.29. The Morgan fingerprint density at radius 2 is 2.18 bits per heavy atom. The van der Waals surface area contributed by atoms with Crippen LogP contribution in [0.2, 0.25) is 0 Å². The molecule has 0 spiro atoms. The van der Waals surface area contributed by atoms with Crippen LogP contribution < -0.4 is 0 Å². The van der Waals surface area contributed by atoms with E-state index in [9.17, 15) is 9.50 Å². The Morgan fingerprint density at radius 3 is 2.82 bits per heavy atom. The van der Waals surface area contributed by atoms with E-state index in [1.165, 1.54) is 0 Å². The highest BCUT2D eigenvalue weighted by Gasteiger charge is 2.16. The molecule has 1 heterocycles. The molecule has 1 aromatic heterocycles. The second-order valence-corrected chi connectivity index (χ2v) is 5.74. The molecule has 2 rings (SSSR count). The molecule has 1 atom stereocenters. The third kappa shape index (κ3) is 2.76. The minimum Gasteiger partial charge on any atom is -0.388 e. The molecule has 2 aromatic rings. The number of hydrogen-bond acceptors (Lipinski definition) is 2. The van der Waals surface area contributed by atoms with Crippen LogP contribution in [0, 0.1) is 12.7 Å². The van der Waals surface area contributed by atoms with Crippen LogP contribution in [0.3, 0.4) is 0 Å². The first-order valence-electron chi connectivity index (χ1n) is 5.24.